The number of hydrazone groups is 1. The lowest BCUT2D eigenvalue weighted by Gasteiger charge is -2.13. The summed E-state index contributed by atoms with van der Waals surface area (Å²) in [6, 6.07) is 16.7. The van der Waals surface area contributed by atoms with Crippen LogP contribution in [0, 0.1) is 6.92 Å². The summed E-state index contributed by atoms with van der Waals surface area (Å²) in [5, 5.41) is 7.25. The Balaban J connectivity index is 1.48. The summed E-state index contributed by atoms with van der Waals surface area (Å²) >= 11 is 0. The molecular formula is C26H27N3O4. The first-order chi connectivity index (χ1) is 16.0. The Bertz CT molecular complexity index is 1160. The van der Waals surface area contributed by atoms with E-state index in [2.05, 4.69) is 15.8 Å². The number of benzene rings is 2. The number of nitrogens with zero attached hydrogens (tertiary/aromatic N) is 1. The zero-order chi connectivity index (χ0) is 23.2. The van der Waals surface area contributed by atoms with E-state index < -0.39 is 0 Å². The van der Waals surface area contributed by atoms with Gasteiger partial charge in [-0.3, -0.25) is 9.59 Å². The minimum Gasteiger partial charge on any atom is -0.494 e. The smallest absolute Gasteiger partial charge is 0.291 e. The molecule has 0 saturated carbocycles. The van der Waals surface area contributed by atoms with E-state index in [0.717, 1.165) is 46.8 Å². The Morgan fingerprint density at radius 1 is 1.06 bits per heavy atom. The second kappa shape index (κ2) is 10.2. The topological polar surface area (TPSA) is 92.9 Å². The molecule has 33 heavy (non-hydrogen) atoms. The lowest BCUT2D eigenvalue weighted by Crippen LogP contribution is -2.23. The highest BCUT2D eigenvalue weighted by Crippen LogP contribution is 2.30. The van der Waals surface area contributed by atoms with Crippen molar-refractivity contribution in [3.63, 3.8) is 0 Å². The predicted octanol–water partition coefficient (Wildman–Crippen LogP) is 4.64. The molecule has 0 fully saturated rings. The molecule has 2 N–H and O–H groups in total. The van der Waals surface area contributed by atoms with Gasteiger partial charge in [-0.25, -0.2) is 5.43 Å². The number of nitrogens with one attached hydrogen (secondary N) is 2. The first kappa shape index (κ1) is 22.3. The van der Waals surface area contributed by atoms with E-state index in [1.54, 1.807) is 12.1 Å². The minimum absolute atomic E-state index is 0.185. The van der Waals surface area contributed by atoms with Gasteiger partial charge < -0.3 is 14.5 Å². The first-order valence-corrected chi connectivity index (χ1v) is 11.1. The predicted molar refractivity (Wildman–Crippen MR) is 127 cm³/mol. The quantitative estimate of drug-likeness (QED) is 0.518. The number of fused-ring (bicyclic) bond motifs is 1. The van der Waals surface area contributed by atoms with E-state index >= 15 is 0 Å². The number of aryl methyl sites for hydroxylation is 1. The molecule has 0 radical (unpaired) electrons. The fourth-order valence-electron chi connectivity index (χ4n) is 3.94. The van der Waals surface area contributed by atoms with Crippen LogP contribution in [0.1, 0.15) is 52.8 Å². The molecule has 4 rings (SSSR count). The molecule has 2 amide bonds. The van der Waals surface area contributed by atoms with Gasteiger partial charge in [0, 0.05) is 23.2 Å². The van der Waals surface area contributed by atoms with Gasteiger partial charge >= 0.3 is 0 Å². The maximum atomic E-state index is 12.9. The molecular weight excluding hydrogens is 418 g/mol. The van der Waals surface area contributed by atoms with Crippen molar-refractivity contribution < 1.29 is 18.7 Å². The molecule has 1 aliphatic rings. The number of carbonyl (C=O) groups is 2. The van der Waals surface area contributed by atoms with Crippen molar-refractivity contribution in [3.8, 4) is 5.75 Å². The van der Waals surface area contributed by atoms with Gasteiger partial charge in [-0.2, -0.15) is 5.10 Å². The zero-order valence-corrected chi connectivity index (χ0v) is 18.8. The summed E-state index contributed by atoms with van der Waals surface area (Å²) in [7, 11) is 0. The van der Waals surface area contributed by atoms with Crippen LogP contribution in [0.4, 0.5) is 5.69 Å². The Morgan fingerprint density at radius 3 is 2.55 bits per heavy atom. The van der Waals surface area contributed by atoms with Crippen LogP contribution in [0.5, 0.6) is 5.75 Å². The van der Waals surface area contributed by atoms with Crippen LogP contribution in [-0.4, -0.2) is 24.1 Å². The van der Waals surface area contributed by atoms with Crippen LogP contribution in [0.15, 0.2) is 64.1 Å². The van der Waals surface area contributed by atoms with Crippen LogP contribution in [0.2, 0.25) is 0 Å². The van der Waals surface area contributed by atoms with Crippen molar-refractivity contribution >= 4 is 23.2 Å². The normalized spacial score (nSPS) is 13.9. The number of ether oxygens (including phenoxy) is 1. The Labute approximate surface area is 192 Å². The number of furan rings is 1. The largest absolute Gasteiger partial charge is 0.494 e. The van der Waals surface area contributed by atoms with E-state index in [1.165, 1.54) is 0 Å². The van der Waals surface area contributed by atoms with E-state index in [-0.39, 0.29) is 24.0 Å². The summed E-state index contributed by atoms with van der Waals surface area (Å²) in [6.45, 7) is 4.35. The van der Waals surface area contributed by atoms with Crippen molar-refractivity contribution in [3.05, 3.63) is 82.8 Å². The minimum atomic E-state index is -0.321. The monoisotopic (exact) mass is 445 g/mol. The summed E-state index contributed by atoms with van der Waals surface area (Å²) in [5.41, 5.74) is 6.51. The number of anilines is 1. The standard InChI is InChI=1S/C26H27N3O4/c1-3-32-20-14-12-19(13-15-20)27-26(31)25-17(2)24-21(10-7-11-22(24)33-25)28-29-23(30)16-18-8-5-4-6-9-18/h4-6,8-9,12-15H,3,7,10-11,16H2,1-2H3,(H,27,31)(H,29,30)/b28-21+. The third-order valence-electron chi connectivity index (χ3n) is 5.48. The van der Waals surface area contributed by atoms with E-state index in [4.69, 9.17) is 9.15 Å². The van der Waals surface area contributed by atoms with Crippen molar-refractivity contribution in [1.29, 1.82) is 0 Å². The highest BCUT2D eigenvalue weighted by Gasteiger charge is 2.28. The van der Waals surface area contributed by atoms with E-state index in [1.807, 2.05) is 56.3 Å². The van der Waals surface area contributed by atoms with Crippen molar-refractivity contribution in [2.75, 3.05) is 11.9 Å². The molecule has 3 aromatic rings. The van der Waals surface area contributed by atoms with Gasteiger partial charge in [0.05, 0.1) is 18.7 Å². The molecule has 0 bridgehead atoms. The van der Waals surface area contributed by atoms with Gasteiger partial charge in [-0.05, 0) is 56.5 Å². The lowest BCUT2D eigenvalue weighted by molar-refractivity contribution is -0.120. The van der Waals surface area contributed by atoms with E-state index in [0.29, 0.717) is 18.7 Å². The van der Waals surface area contributed by atoms with Gasteiger partial charge in [0.15, 0.2) is 5.76 Å². The van der Waals surface area contributed by atoms with Gasteiger partial charge in [0.25, 0.3) is 5.91 Å². The summed E-state index contributed by atoms with van der Waals surface area (Å²) in [5.74, 6) is 1.23. The maximum Gasteiger partial charge on any atom is 0.291 e. The van der Waals surface area contributed by atoms with Gasteiger partial charge in [-0.1, -0.05) is 30.3 Å². The van der Waals surface area contributed by atoms with Gasteiger partial charge in [-0.15, -0.1) is 0 Å². The number of carbonyl (C=O) groups excluding carboxylic acids is 2. The van der Waals surface area contributed by atoms with Gasteiger partial charge in [0.1, 0.15) is 11.5 Å². The zero-order valence-electron chi connectivity index (χ0n) is 18.8. The highest BCUT2D eigenvalue weighted by molar-refractivity contribution is 6.09. The Kier molecular flexibility index (Phi) is 6.88. The van der Waals surface area contributed by atoms with Crippen molar-refractivity contribution in [1.82, 2.24) is 5.43 Å². The van der Waals surface area contributed by atoms with Crippen LogP contribution >= 0.6 is 0 Å². The summed E-state index contributed by atoms with van der Waals surface area (Å²) in [6.07, 6.45) is 2.53. The third-order valence-corrected chi connectivity index (χ3v) is 5.48. The van der Waals surface area contributed by atoms with Crippen LogP contribution < -0.4 is 15.5 Å². The molecule has 0 aliphatic heterocycles. The van der Waals surface area contributed by atoms with Crippen LogP contribution in [-0.2, 0) is 17.6 Å². The molecule has 0 atom stereocenters. The number of hydrogen-bond donors (Lipinski definition) is 2. The average molecular weight is 446 g/mol. The third kappa shape index (κ3) is 5.31. The molecule has 0 unspecified atom stereocenters. The molecule has 170 valence electrons. The number of hydrogen-bond acceptors (Lipinski definition) is 5. The molecule has 7 nitrogen and oxygen atoms in total. The number of rotatable bonds is 7. The fraction of sp³-hybridized carbons (Fsp3) is 0.269. The fourth-order valence-corrected chi connectivity index (χ4v) is 3.94. The van der Waals surface area contributed by atoms with E-state index in [9.17, 15) is 9.59 Å². The molecule has 0 saturated heterocycles. The molecule has 2 aromatic carbocycles. The van der Waals surface area contributed by atoms with Crippen LogP contribution in [0.25, 0.3) is 0 Å². The van der Waals surface area contributed by atoms with Gasteiger partial charge in [0.2, 0.25) is 5.91 Å². The molecule has 1 aliphatic carbocycles. The second-order valence-corrected chi connectivity index (χ2v) is 7.88. The second-order valence-electron chi connectivity index (χ2n) is 7.88. The van der Waals surface area contributed by atoms with Crippen molar-refractivity contribution in [2.24, 2.45) is 5.10 Å². The summed E-state index contributed by atoms with van der Waals surface area (Å²) < 4.78 is 11.4. The highest BCUT2D eigenvalue weighted by atomic mass is 16.5. The first-order valence-electron chi connectivity index (χ1n) is 11.1. The number of amides is 2. The lowest BCUT2D eigenvalue weighted by atomic mass is 9.93. The Hall–Kier alpha value is -3.87. The molecule has 0 spiro atoms. The Morgan fingerprint density at radius 2 is 1.82 bits per heavy atom. The maximum absolute atomic E-state index is 12.9. The van der Waals surface area contributed by atoms with Crippen molar-refractivity contribution in [2.45, 2.75) is 39.5 Å². The summed E-state index contributed by atoms with van der Waals surface area (Å²) in [4.78, 5) is 25.2. The molecule has 1 aromatic heterocycles. The molecule has 1 heterocycles. The molecule has 7 heteroatoms. The van der Waals surface area contributed by atoms with Crippen LogP contribution in [0.3, 0.4) is 0 Å². The average Bonchev–Trinajstić information content (AvgIpc) is 3.17. The SMILES string of the molecule is CCOc1ccc(NC(=O)c2oc3c(c2C)/C(=N/NC(=O)Cc2ccccc2)CCC3)cc1.